The number of carbonyl (C=O) groups excluding carboxylic acids is 2. The predicted octanol–water partition coefficient (Wildman–Crippen LogP) is 5.59. The second-order valence-corrected chi connectivity index (χ2v) is 7.61. The predicted molar refractivity (Wildman–Crippen MR) is 122 cm³/mol. The standard InChI is InChI=1S/C25H23N3O4/c1-16(2)22-15-26-24(32-22)17-10-12-18(13-11-17)27-23(29)19-7-4-5-8-20(19)28(3)25(30)21-9-6-14-31-21/h4-16H,1-3H3,(H,27,29). The normalized spacial score (nSPS) is 10.9. The Labute approximate surface area is 185 Å². The molecule has 0 saturated carbocycles. The van der Waals surface area contributed by atoms with Gasteiger partial charge in [-0.1, -0.05) is 26.0 Å². The first kappa shape index (κ1) is 21.1. The molecule has 7 nitrogen and oxygen atoms in total. The molecule has 0 fully saturated rings. The number of aromatic nitrogens is 1. The zero-order chi connectivity index (χ0) is 22.7. The fourth-order valence-electron chi connectivity index (χ4n) is 3.21. The van der Waals surface area contributed by atoms with Gasteiger partial charge in [-0.2, -0.15) is 0 Å². The number of anilines is 2. The number of hydrogen-bond donors (Lipinski definition) is 1. The van der Waals surface area contributed by atoms with Gasteiger partial charge < -0.3 is 19.1 Å². The van der Waals surface area contributed by atoms with Gasteiger partial charge in [0.15, 0.2) is 5.76 Å². The minimum absolute atomic E-state index is 0.199. The highest BCUT2D eigenvalue weighted by Gasteiger charge is 2.21. The highest BCUT2D eigenvalue weighted by molar-refractivity contribution is 6.12. The highest BCUT2D eigenvalue weighted by atomic mass is 16.4. The number of amides is 2. The van der Waals surface area contributed by atoms with Gasteiger partial charge >= 0.3 is 0 Å². The van der Waals surface area contributed by atoms with Crippen LogP contribution in [-0.2, 0) is 0 Å². The molecule has 0 radical (unpaired) electrons. The van der Waals surface area contributed by atoms with Crippen LogP contribution in [0.4, 0.5) is 11.4 Å². The SMILES string of the molecule is CC(C)c1cnc(-c2ccc(NC(=O)c3ccccc3N(C)C(=O)c3ccco3)cc2)o1. The summed E-state index contributed by atoms with van der Waals surface area (Å²) >= 11 is 0. The largest absolute Gasteiger partial charge is 0.459 e. The topological polar surface area (TPSA) is 88.6 Å². The highest BCUT2D eigenvalue weighted by Crippen LogP contribution is 2.26. The minimum Gasteiger partial charge on any atom is -0.459 e. The molecule has 4 aromatic rings. The van der Waals surface area contributed by atoms with Gasteiger partial charge in [-0.3, -0.25) is 9.59 Å². The molecule has 4 rings (SSSR count). The molecule has 0 atom stereocenters. The number of rotatable bonds is 6. The molecular weight excluding hydrogens is 406 g/mol. The number of carbonyl (C=O) groups is 2. The molecule has 2 aromatic heterocycles. The van der Waals surface area contributed by atoms with Crippen LogP contribution in [0.5, 0.6) is 0 Å². The lowest BCUT2D eigenvalue weighted by molar-refractivity contribution is 0.0966. The average Bonchev–Trinajstić information content (AvgIpc) is 3.51. The van der Waals surface area contributed by atoms with Crippen molar-refractivity contribution in [1.29, 1.82) is 0 Å². The molecule has 2 heterocycles. The van der Waals surface area contributed by atoms with Gasteiger partial charge in [-0.25, -0.2) is 4.98 Å². The van der Waals surface area contributed by atoms with Crippen LogP contribution in [0.2, 0.25) is 0 Å². The van der Waals surface area contributed by atoms with Crippen LogP contribution in [0.25, 0.3) is 11.5 Å². The Balaban J connectivity index is 1.51. The van der Waals surface area contributed by atoms with Crippen molar-refractivity contribution in [2.24, 2.45) is 0 Å². The van der Waals surface area contributed by atoms with E-state index >= 15 is 0 Å². The van der Waals surface area contributed by atoms with Crippen LogP contribution in [0.3, 0.4) is 0 Å². The lowest BCUT2D eigenvalue weighted by Gasteiger charge is -2.19. The van der Waals surface area contributed by atoms with E-state index in [2.05, 4.69) is 10.3 Å². The summed E-state index contributed by atoms with van der Waals surface area (Å²) in [6, 6.07) is 17.4. The lowest BCUT2D eigenvalue weighted by atomic mass is 10.1. The quantitative estimate of drug-likeness (QED) is 0.432. The van der Waals surface area contributed by atoms with Gasteiger partial charge in [0.1, 0.15) is 5.76 Å². The molecule has 0 aliphatic carbocycles. The van der Waals surface area contributed by atoms with Crippen molar-refractivity contribution in [1.82, 2.24) is 4.98 Å². The lowest BCUT2D eigenvalue weighted by Crippen LogP contribution is -2.28. The number of hydrogen-bond acceptors (Lipinski definition) is 5. The molecule has 1 N–H and O–H groups in total. The van der Waals surface area contributed by atoms with E-state index in [1.807, 2.05) is 26.0 Å². The number of benzene rings is 2. The Bertz CT molecular complexity index is 1220. The number of oxazole rings is 1. The number of nitrogens with one attached hydrogen (secondary N) is 1. The van der Waals surface area contributed by atoms with Crippen molar-refractivity contribution >= 4 is 23.2 Å². The Morgan fingerprint density at radius 1 is 1.00 bits per heavy atom. The molecule has 2 aromatic carbocycles. The summed E-state index contributed by atoms with van der Waals surface area (Å²) in [4.78, 5) is 31.3. The van der Waals surface area contributed by atoms with Crippen molar-refractivity contribution in [2.45, 2.75) is 19.8 Å². The number of furan rings is 1. The van der Waals surface area contributed by atoms with E-state index in [1.165, 1.54) is 11.2 Å². The summed E-state index contributed by atoms with van der Waals surface area (Å²) in [5.74, 6) is 1.15. The van der Waals surface area contributed by atoms with E-state index in [0.29, 0.717) is 22.8 Å². The van der Waals surface area contributed by atoms with Crippen LogP contribution in [-0.4, -0.2) is 23.8 Å². The van der Waals surface area contributed by atoms with E-state index in [4.69, 9.17) is 8.83 Å². The van der Waals surface area contributed by atoms with Gasteiger partial charge in [0, 0.05) is 24.2 Å². The Morgan fingerprint density at radius 3 is 2.41 bits per heavy atom. The number of para-hydroxylation sites is 1. The van der Waals surface area contributed by atoms with Gasteiger partial charge in [0.25, 0.3) is 11.8 Å². The van der Waals surface area contributed by atoms with Crippen LogP contribution in [0, 0.1) is 0 Å². The Kier molecular flexibility index (Phi) is 5.89. The van der Waals surface area contributed by atoms with Crippen molar-refractivity contribution in [2.75, 3.05) is 17.3 Å². The van der Waals surface area contributed by atoms with Crippen molar-refractivity contribution in [3.8, 4) is 11.5 Å². The molecule has 0 bridgehead atoms. The van der Waals surface area contributed by atoms with E-state index in [-0.39, 0.29) is 23.5 Å². The maximum atomic E-state index is 13.0. The third kappa shape index (κ3) is 4.32. The molecular formula is C25H23N3O4. The maximum absolute atomic E-state index is 13.0. The first-order chi connectivity index (χ1) is 15.4. The molecule has 162 valence electrons. The van der Waals surface area contributed by atoms with E-state index in [1.54, 1.807) is 61.8 Å². The van der Waals surface area contributed by atoms with E-state index in [9.17, 15) is 9.59 Å². The van der Waals surface area contributed by atoms with Crippen LogP contribution >= 0.6 is 0 Å². The fourth-order valence-corrected chi connectivity index (χ4v) is 3.21. The second-order valence-electron chi connectivity index (χ2n) is 7.61. The third-order valence-electron chi connectivity index (χ3n) is 5.03. The monoisotopic (exact) mass is 429 g/mol. The van der Waals surface area contributed by atoms with Gasteiger partial charge in [0.2, 0.25) is 5.89 Å². The van der Waals surface area contributed by atoms with E-state index < -0.39 is 0 Å². The minimum atomic E-state index is -0.341. The summed E-state index contributed by atoms with van der Waals surface area (Å²) in [6.07, 6.45) is 3.17. The fraction of sp³-hybridized carbons (Fsp3) is 0.160. The smallest absolute Gasteiger partial charge is 0.293 e. The zero-order valence-electron chi connectivity index (χ0n) is 18.0. The third-order valence-corrected chi connectivity index (χ3v) is 5.03. The molecule has 32 heavy (non-hydrogen) atoms. The molecule has 2 amide bonds. The zero-order valence-corrected chi connectivity index (χ0v) is 18.0. The van der Waals surface area contributed by atoms with Crippen LogP contribution in [0.15, 0.2) is 82.0 Å². The van der Waals surface area contributed by atoms with Crippen LogP contribution in [0.1, 0.15) is 46.4 Å². The molecule has 0 unspecified atom stereocenters. The average molecular weight is 429 g/mol. The molecule has 7 heteroatoms. The summed E-state index contributed by atoms with van der Waals surface area (Å²) in [5, 5.41) is 2.88. The molecule has 0 aliphatic rings. The van der Waals surface area contributed by atoms with Gasteiger partial charge in [-0.05, 0) is 48.5 Å². The van der Waals surface area contributed by atoms with Crippen molar-refractivity contribution in [3.05, 3.63) is 90.2 Å². The summed E-state index contributed by atoms with van der Waals surface area (Å²) in [7, 11) is 1.60. The summed E-state index contributed by atoms with van der Waals surface area (Å²) in [6.45, 7) is 4.08. The first-order valence-corrected chi connectivity index (χ1v) is 10.2. The number of nitrogens with zero attached hydrogens (tertiary/aromatic N) is 2. The molecule has 0 spiro atoms. The second kappa shape index (κ2) is 8.93. The molecule has 0 aliphatic heterocycles. The Hall–Kier alpha value is -4.13. The van der Waals surface area contributed by atoms with Crippen molar-refractivity contribution in [3.63, 3.8) is 0 Å². The summed E-state index contributed by atoms with van der Waals surface area (Å²) in [5.41, 5.74) is 2.28. The van der Waals surface area contributed by atoms with Crippen LogP contribution < -0.4 is 10.2 Å². The van der Waals surface area contributed by atoms with Gasteiger partial charge in [0.05, 0.1) is 23.7 Å². The van der Waals surface area contributed by atoms with Crippen molar-refractivity contribution < 1.29 is 18.4 Å². The Morgan fingerprint density at radius 2 is 1.75 bits per heavy atom. The van der Waals surface area contributed by atoms with E-state index in [0.717, 1.165) is 11.3 Å². The maximum Gasteiger partial charge on any atom is 0.293 e. The van der Waals surface area contributed by atoms with Gasteiger partial charge in [-0.15, -0.1) is 0 Å². The first-order valence-electron chi connectivity index (χ1n) is 10.2. The summed E-state index contributed by atoms with van der Waals surface area (Å²) < 4.78 is 11.0. The molecule has 0 saturated heterocycles.